The number of nitrogens with one attached hydrogen (secondary N) is 1. The normalized spacial score (nSPS) is 16.1. The lowest BCUT2D eigenvalue weighted by Crippen LogP contribution is -2.56. The van der Waals surface area contributed by atoms with Crippen molar-refractivity contribution in [2.24, 2.45) is 5.41 Å². The van der Waals surface area contributed by atoms with Gasteiger partial charge in [-0.05, 0) is 17.5 Å². The number of aromatic nitrogens is 7. The maximum Gasteiger partial charge on any atom is 0.245 e. The van der Waals surface area contributed by atoms with E-state index in [9.17, 15) is 5.11 Å². The maximum absolute atomic E-state index is 10.6. The van der Waals surface area contributed by atoms with Crippen LogP contribution >= 0.6 is 24.8 Å². The van der Waals surface area contributed by atoms with E-state index in [0.717, 1.165) is 25.2 Å². The fourth-order valence-electron chi connectivity index (χ4n) is 3.83. The molecule has 0 aliphatic carbocycles. The second-order valence-electron chi connectivity index (χ2n) is 9.03. The summed E-state index contributed by atoms with van der Waals surface area (Å²) in [6, 6.07) is 5.67. The van der Waals surface area contributed by atoms with Crippen molar-refractivity contribution >= 4 is 36.4 Å². The number of hydrogen-bond acceptors (Lipinski definition) is 9. The Bertz CT molecular complexity index is 1260. The third-order valence-electron chi connectivity index (χ3n) is 5.79. The Hall–Kier alpha value is -3.08. The lowest BCUT2D eigenvalue weighted by Gasteiger charge is -2.40. The van der Waals surface area contributed by atoms with Crippen molar-refractivity contribution in [2.75, 3.05) is 24.5 Å². The molecule has 1 saturated heterocycles. The SMILES string of the molecule is CC(C)(C)[C@H]1CN(c2ncc(-c3ccc(-c4cn5ncnc5cn4)cc3O)nn2)CCN1.Cl.Cl. The van der Waals surface area contributed by atoms with Gasteiger partial charge in [0.05, 0.1) is 24.3 Å². The van der Waals surface area contributed by atoms with E-state index < -0.39 is 0 Å². The second-order valence-corrected chi connectivity index (χ2v) is 9.03. The molecule has 10 nitrogen and oxygen atoms in total. The summed E-state index contributed by atoms with van der Waals surface area (Å²) in [6.07, 6.45) is 6.54. The molecule has 0 unspecified atom stereocenters. The van der Waals surface area contributed by atoms with Crippen LogP contribution in [0, 0.1) is 5.41 Å². The van der Waals surface area contributed by atoms with Crippen molar-refractivity contribution in [3.05, 3.63) is 43.1 Å². The van der Waals surface area contributed by atoms with Crippen LogP contribution in [-0.2, 0) is 0 Å². The molecular weight excluding hydrogens is 477 g/mol. The lowest BCUT2D eigenvalue weighted by molar-refractivity contribution is 0.252. The first-order valence-electron chi connectivity index (χ1n) is 10.6. The van der Waals surface area contributed by atoms with Crippen LogP contribution in [0.25, 0.3) is 28.2 Å². The summed E-state index contributed by atoms with van der Waals surface area (Å²) in [5.74, 6) is 0.688. The zero-order valence-corrected chi connectivity index (χ0v) is 20.7. The molecule has 4 aromatic rings. The van der Waals surface area contributed by atoms with Gasteiger partial charge in [-0.3, -0.25) is 4.98 Å². The van der Waals surface area contributed by atoms with Crippen molar-refractivity contribution in [3.8, 4) is 28.3 Å². The number of hydrogen-bond donors (Lipinski definition) is 2. The fraction of sp³-hybridized carbons (Fsp3) is 0.364. The van der Waals surface area contributed by atoms with Gasteiger partial charge in [-0.25, -0.2) is 14.5 Å². The number of halogens is 2. The maximum atomic E-state index is 10.6. The Morgan fingerprint density at radius 3 is 2.56 bits per heavy atom. The standard InChI is InChI=1S/C22H25N9O.2ClH/c1-22(2,3)19-12-30(7-6-23-19)21-25-9-16(28-29-21)15-5-4-14(8-18(15)32)17-11-31-20(10-24-17)26-13-27-31;;/h4-5,8-11,13,19,23,32H,6-7,12H2,1-3H3;2*1H/t19-;;/m1../s1. The average Bonchev–Trinajstić information content (AvgIpc) is 3.27. The van der Waals surface area contributed by atoms with E-state index in [4.69, 9.17) is 0 Å². The Kier molecular flexibility index (Phi) is 7.54. The van der Waals surface area contributed by atoms with Gasteiger partial charge in [-0.2, -0.15) is 5.10 Å². The van der Waals surface area contributed by atoms with Gasteiger partial charge >= 0.3 is 0 Å². The van der Waals surface area contributed by atoms with Crippen molar-refractivity contribution in [2.45, 2.75) is 26.8 Å². The smallest absolute Gasteiger partial charge is 0.245 e. The zero-order chi connectivity index (χ0) is 22.3. The molecule has 1 aliphatic heterocycles. The van der Waals surface area contributed by atoms with E-state index in [2.05, 4.69) is 61.2 Å². The fourth-order valence-corrected chi connectivity index (χ4v) is 3.83. The van der Waals surface area contributed by atoms with E-state index in [1.807, 2.05) is 6.07 Å². The summed E-state index contributed by atoms with van der Waals surface area (Å²) in [5, 5.41) is 27.0. The first-order valence-corrected chi connectivity index (χ1v) is 10.6. The van der Waals surface area contributed by atoms with Gasteiger partial charge in [0, 0.05) is 36.8 Å². The average molecular weight is 504 g/mol. The molecule has 0 saturated carbocycles. The van der Waals surface area contributed by atoms with Crippen LogP contribution in [0.3, 0.4) is 0 Å². The van der Waals surface area contributed by atoms with Crippen LogP contribution in [0.5, 0.6) is 5.75 Å². The number of anilines is 1. The second kappa shape index (κ2) is 10.0. The Labute approximate surface area is 209 Å². The number of phenolic OH excluding ortho intramolecular Hbond substituents is 1. The van der Waals surface area contributed by atoms with Crippen LogP contribution in [0.4, 0.5) is 5.95 Å². The highest BCUT2D eigenvalue weighted by atomic mass is 35.5. The minimum atomic E-state index is 0. The Morgan fingerprint density at radius 1 is 1.03 bits per heavy atom. The Balaban J connectivity index is 0.00000162. The molecule has 0 bridgehead atoms. The highest BCUT2D eigenvalue weighted by Gasteiger charge is 2.30. The summed E-state index contributed by atoms with van der Waals surface area (Å²) >= 11 is 0. The lowest BCUT2D eigenvalue weighted by atomic mass is 9.85. The van der Waals surface area contributed by atoms with E-state index in [-0.39, 0.29) is 36.0 Å². The summed E-state index contributed by atoms with van der Waals surface area (Å²) in [5.41, 5.74) is 3.32. The Morgan fingerprint density at radius 2 is 1.85 bits per heavy atom. The van der Waals surface area contributed by atoms with Crippen LogP contribution < -0.4 is 10.2 Å². The van der Waals surface area contributed by atoms with Gasteiger partial charge in [0.1, 0.15) is 17.8 Å². The number of phenols is 1. The molecule has 1 atom stereocenters. The molecule has 4 heterocycles. The van der Waals surface area contributed by atoms with Gasteiger partial charge in [-0.1, -0.05) is 26.8 Å². The molecule has 12 heteroatoms. The first kappa shape index (κ1) is 25.5. The molecule has 0 amide bonds. The molecule has 5 rings (SSSR count). The van der Waals surface area contributed by atoms with Crippen molar-refractivity contribution in [3.63, 3.8) is 0 Å². The van der Waals surface area contributed by atoms with Gasteiger partial charge in [0.15, 0.2) is 5.65 Å². The molecule has 3 aromatic heterocycles. The minimum absolute atomic E-state index is 0. The molecule has 1 fully saturated rings. The van der Waals surface area contributed by atoms with E-state index >= 15 is 0 Å². The van der Waals surface area contributed by atoms with Crippen LogP contribution in [-0.4, -0.2) is 65.5 Å². The van der Waals surface area contributed by atoms with Crippen LogP contribution in [0.1, 0.15) is 20.8 Å². The third kappa shape index (κ3) is 5.03. The number of benzene rings is 1. The molecule has 180 valence electrons. The van der Waals surface area contributed by atoms with E-state index in [1.54, 1.807) is 35.2 Å². The zero-order valence-electron chi connectivity index (χ0n) is 19.1. The first-order chi connectivity index (χ1) is 15.4. The predicted molar refractivity (Wildman–Crippen MR) is 135 cm³/mol. The molecular formula is C22H27Cl2N9O. The van der Waals surface area contributed by atoms with Crippen molar-refractivity contribution in [1.82, 2.24) is 40.1 Å². The molecule has 2 N–H and O–H groups in total. The quantitative estimate of drug-likeness (QED) is 0.434. The molecule has 1 aliphatic rings. The summed E-state index contributed by atoms with van der Waals surface area (Å²) in [7, 11) is 0. The number of nitrogens with zero attached hydrogens (tertiary/aromatic N) is 8. The van der Waals surface area contributed by atoms with Gasteiger partial charge in [-0.15, -0.1) is 35.0 Å². The molecule has 34 heavy (non-hydrogen) atoms. The monoisotopic (exact) mass is 503 g/mol. The number of aromatic hydroxyl groups is 1. The van der Waals surface area contributed by atoms with Crippen molar-refractivity contribution in [1.29, 1.82) is 0 Å². The molecule has 0 radical (unpaired) electrons. The minimum Gasteiger partial charge on any atom is -0.507 e. The van der Waals surface area contributed by atoms with Crippen LogP contribution in [0.2, 0.25) is 0 Å². The van der Waals surface area contributed by atoms with E-state index in [0.29, 0.717) is 34.6 Å². The third-order valence-corrected chi connectivity index (χ3v) is 5.79. The topological polar surface area (TPSA) is 117 Å². The number of rotatable bonds is 3. The summed E-state index contributed by atoms with van der Waals surface area (Å²) in [6.45, 7) is 9.21. The summed E-state index contributed by atoms with van der Waals surface area (Å²) in [4.78, 5) is 15.2. The highest BCUT2D eigenvalue weighted by molar-refractivity contribution is 5.85. The summed E-state index contributed by atoms with van der Waals surface area (Å²) < 4.78 is 1.64. The predicted octanol–water partition coefficient (Wildman–Crippen LogP) is 3.02. The van der Waals surface area contributed by atoms with Gasteiger partial charge in [0.2, 0.25) is 5.95 Å². The number of fused-ring (bicyclic) bond motifs is 1. The highest BCUT2D eigenvalue weighted by Crippen LogP contribution is 2.32. The molecule has 0 spiro atoms. The van der Waals surface area contributed by atoms with Gasteiger partial charge in [0.25, 0.3) is 0 Å². The van der Waals surface area contributed by atoms with Gasteiger partial charge < -0.3 is 15.3 Å². The number of piperazine rings is 1. The molecule has 1 aromatic carbocycles. The van der Waals surface area contributed by atoms with E-state index in [1.165, 1.54) is 6.33 Å². The largest absolute Gasteiger partial charge is 0.507 e. The van der Waals surface area contributed by atoms with Crippen LogP contribution in [0.15, 0.2) is 43.1 Å². The van der Waals surface area contributed by atoms with Crippen molar-refractivity contribution < 1.29 is 5.11 Å².